The average molecular weight is 307 g/mol. The molecular formula is C11H15FIN. The quantitative estimate of drug-likeness (QED) is 0.790. The molecule has 0 unspecified atom stereocenters. The minimum atomic E-state index is -0.222. The predicted molar refractivity (Wildman–Crippen MR) is 65.5 cm³/mol. The summed E-state index contributed by atoms with van der Waals surface area (Å²) in [6, 6.07) is 4.61. The lowest BCUT2D eigenvalue weighted by Gasteiger charge is -2.28. The van der Waals surface area contributed by atoms with E-state index < -0.39 is 0 Å². The third-order valence-electron chi connectivity index (χ3n) is 2.23. The Kier molecular flexibility index (Phi) is 3.53. The Morgan fingerprint density at radius 1 is 1.36 bits per heavy atom. The van der Waals surface area contributed by atoms with E-state index in [9.17, 15) is 4.39 Å². The zero-order valence-corrected chi connectivity index (χ0v) is 10.8. The third kappa shape index (κ3) is 2.67. The molecule has 0 heterocycles. The van der Waals surface area contributed by atoms with Crippen molar-refractivity contribution in [1.82, 2.24) is 0 Å². The first-order valence-corrected chi connectivity index (χ1v) is 5.61. The number of halogens is 2. The minimum Gasteiger partial charge on any atom is -0.323 e. The van der Waals surface area contributed by atoms with Crippen LogP contribution in [-0.4, -0.2) is 0 Å². The van der Waals surface area contributed by atoms with E-state index in [0.717, 1.165) is 9.13 Å². The van der Waals surface area contributed by atoms with Crippen LogP contribution in [0.25, 0.3) is 0 Å². The van der Waals surface area contributed by atoms with Crippen LogP contribution in [0.2, 0.25) is 0 Å². The maximum atomic E-state index is 13.0. The second-order valence-corrected chi connectivity index (χ2v) is 5.67. The van der Waals surface area contributed by atoms with E-state index >= 15 is 0 Å². The summed E-state index contributed by atoms with van der Waals surface area (Å²) in [5.41, 5.74) is 6.91. The number of rotatable bonds is 1. The number of nitrogens with two attached hydrogens (primary N) is 1. The molecule has 2 N–H and O–H groups in total. The summed E-state index contributed by atoms with van der Waals surface area (Å²) in [5, 5.41) is 0. The van der Waals surface area contributed by atoms with Gasteiger partial charge < -0.3 is 5.73 Å². The highest BCUT2D eigenvalue weighted by molar-refractivity contribution is 14.1. The normalized spacial score (nSPS) is 14.1. The second-order valence-electron chi connectivity index (χ2n) is 4.51. The highest BCUT2D eigenvalue weighted by Crippen LogP contribution is 2.33. The highest BCUT2D eigenvalue weighted by Gasteiger charge is 2.24. The van der Waals surface area contributed by atoms with Gasteiger partial charge in [0.25, 0.3) is 0 Å². The Morgan fingerprint density at radius 2 is 1.93 bits per heavy atom. The molecule has 0 aliphatic heterocycles. The van der Waals surface area contributed by atoms with E-state index in [4.69, 9.17) is 5.73 Å². The Morgan fingerprint density at radius 3 is 2.43 bits per heavy atom. The largest absolute Gasteiger partial charge is 0.323 e. The molecule has 1 nitrogen and oxygen atoms in total. The van der Waals surface area contributed by atoms with Gasteiger partial charge in [-0.15, -0.1) is 0 Å². The van der Waals surface area contributed by atoms with Gasteiger partial charge in [0.2, 0.25) is 0 Å². The van der Waals surface area contributed by atoms with Crippen LogP contribution in [0.5, 0.6) is 0 Å². The predicted octanol–water partition coefficient (Wildman–Crippen LogP) is 3.48. The van der Waals surface area contributed by atoms with Crippen LogP contribution in [0.3, 0.4) is 0 Å². The first-order valence-electron chi connectivity index (χ1n) is 4.53. The fraction of sp³-hybridized carbons (Fsp3) is 0.455. The molecule has 0 amide bonds. The highest BCUT2D eigenvalue weighted by atomic mass is 127. The van der Waals surface area contributed by atoms with E-state index in [-0.39, 0.29) is 17.3 Å². The fourth-order valence-corrected chi connectivity index (χ4v) is 1.89. The van der Waals surface area contributed by atoms with E-state index in [0.29, 0.717) is 0 Å². The van der Waals surface area contributed by atoms with Gasteiger partial charge in [-0.3, -0.25) is 0 Å². The Balaban J connectivity index is 3.12. The summed E-state index contributed by atoms with van der Waals surface area (Å²) in [5.74, 6) is -0.222. The third-order valence-corrected chi connectivity index (χ3v) is 3.21. The first-order chi connectivity index (χ1) is 6.32. The zero-order valence-electron chi connectivity index (χ0n) is 8.64. The Bertz CT molecular complexity index is 331. The van der Waals surface area contributed by atoms with E-state index in [1.165, 1.54) is 12.1 Å². The van der Waals surface area contributed by atoms with E-state index in [2.05, 4.69) is 43.4 Å². The monoisotopic (exact) mass is 307 g/mol. The van der Waals surface area contributed by atoms with Crippen molar-refractivity contribution in [1.29, 1.82) is 0 Å². The van der Waals surface area contributed by atoms with Gasteiger partial charge in [-0.05, 0) is 51.8 Å². The van der Waals surface area contributed by atoms with Crippen LogP contribution in [0.15, 0.2) is 18.2 Å². The van der Waals surface area contributed by atoms with Gasteiger partial charge in [0, 0.05) is 9.61 Å². The molecule has 0 aliphatic carbocycles. The SMILES string of the molecule is CC(C)(C)[C@H](N)c1cc(F)ccc1I. The lowest BCUT2D eigenvalue weighted by molar-refractivity contribution is 0.325. The van der Waals surface area contributed by atoms with Crippen LogP contribution >= 0.6 is 22.6 Å². The molecule has 1 atom stereocenters. The first kappa shape index (κ1) is 11.9. The molecule has 0 saturated heterocycles. The standard InChI is InChI=1S/C11H15FIN/c1-11(2,3)10(14)8-6-7(12)4-5-9(8)13/h4-6,10H,14H2,1-3H3/t10-/m1/s1. The molecular weight excluding hydrogens is 292 g/mol. The van der Waals surface area contributed by atoms with Gasteiger partial charge in [0.15, 0.2) is 0 Å². The lowest BCUT2D eigenvalue weighted by atomic mass is 9.83. The lowest BCUT2D eigenvalue weighted by Crippen LogP contribution is -2.27. The smallest absolute Gasteiger partial charge is 0.123 e. The van der Waals surface area contributed by atoms with Crippen LogP contribution in [0.4, 0.5) is 4.39 Å². The number of benzene rings is 1. The number of hydrogen-bond acceptors (Lipinski definition) is 1. The molecule has 3 heteroatoms. The molecule has 1 rings (SSSR count). The molecule has 0 saturated carbocycles. The van der Waals surface area contributed by atoms with Crippen molar-refractivity contribution in [2.45, 2.75) is 26.8 Å². The van der Waals surface area contributed by atoms with Crippen molar-refractivity contribution >= 4 is 22.6 Å². The molecule has 1 aromatic rings. The van der Waals surface area contributed by atoms with Crippen molar-refractivity contribution < 1.29 is 4.39 Å². The van der Waals surface area contributed by atoms with E-state index in [1.807, 2.05) is 0 Å². The molecule has 0 fully saturated rings. The molecule has 78 valence electrons. The van der Waals surface area contributed by atoms with Crippen LogP contribution in [-0.2, 0) is 0 Å². The number of hydrogen-bond donors (Lipinski definition) is 1. The van der Waals surface area contributed by atoms with Gasteiger partial charge in [-0.25, -0.2) is 4.39 Å². The molecule has 0 bridgehead atoms. The molecule has 0 aliphatic rings. The summed E-state index contributed by atoms with van der Waals surface area (Å²) < 4.78 is 14.1. The van der Waals surface area contributed by atoms with Crippen molar-refractivity contribution in [3.8, 4) is 0 Å². The molecule has 0 radical (unpaired) electrons. The zero-order chi connectivity index (χ0) is 10.9. The van der Waals surface area contributed by atoms with Crippen molar-refractivity contribution in [3.05, 3.63) is 33.1 Å². The maximum absolute atomic E-state index is 13.0. The van der Waals surface area contributed by atoms with Crippen LogP contribution in [0.1, 0.15) is 32.4 Å². The Labute approximate surface area is 98.0 Å². The molecule has 0 aromatic heterocycles. The van der Waals surface area contributed by atoms with Crippen molar-refractivity contribution in [2.75, 3.05) is 0 Å². The van der Waals surface area contributed by atoms with Crippen molar-refractivity contribution in [2.24, 2.45) is 11.1 Å². The summed E-state index contributed by atoms with van der Waals surface area (Å²) >= 11 is 2.19. The van der Waals surface area contributed by atoms with Gasteiger partial charge >= 0.3 is 0 Å². The van der Waals surface area contributed by atoms with E-state index in [1.54, 1.807) is 6.07 Å². The summed E-state index contributed by atoms with van der Waals surface area (Å²) in [7, 11) is 0. The molecule has 0 spiro atoms. The Hall–Kier alpha value is -0.160. The van der Waals surface area contributed by atoms with Gasteiger partial charge in [0.1, 0.15) is 5.82 Å². The van der Waals surface area contributed by atoms with Crippen molar-refractivity contribution in [3.63, 3.8) is 0 Å². The maximum Gasteiger partial charge on any atom is 0.123 e. The van der Waals surface area contributed by atoms with Crippen LogP contribution < -0.4 is 5.73 Å². The second kappa shape index (κ2) is 4.14. The topological polar surface area (TPSA) is 26.0 Å². The van der Waals surface area contributed by atoms with Gasteiger partial charge in [0.05, 0.1) is 0 Å². The van der Waals surface area contributed by atoms with Crippen LogP contribution in [0, 0.1) is 14.8 Å². The van der Waals surface area contributed by atoms with Gasteiger partial charge in [-0.2, -0.15) is 0 Å². The average Bonchev–Trinajstić information content (AvgIpc) is 2.06. The van der Waals surface area contributed by atoms with Gasteiger partial charge in [-0.1, -0.05) is 20.8 Å². The molecule has 14 heavy (non-hydrogen) atoms. The molecule has 1 aromatic carbocycles. The summed E-state index contributed by atoms with van der Waals surface area (Å²) in [4.78, 5) is 0. The summed E-state index contributed by atoms with van der Waals surface area (Å²) in [6.07, 6.45) is 0. The minimum absolute atomic E-state index is 0.0479. The summed E-state index contributed by atoms with van der Waals surface area (Å²) in [6.45, 7) is 6.16. The fourth-order valence-electron chi connectivity index (χ4n) is 1.22.